The van der Waals surface area contributed by atoms with E-state index in [9.17, 15) is 9.59 Å². The molecular weight excluding hydrogens is 384 g/mol. The zero-order valence-electron chi connectivity index (χ0n) is 13.8. The Morgan fingerprint density at radius 3 is 2.76 bits per heavy atom. The third kappa shape index (κ3) is 3.71. The monoisotopic (exact) mass is 400 g/mol. The van der Waals surface area contributed by atoms with Gasteiger partial charge in [-0.05, 0) is 46.6 Å². The number of aryl methyl sites for hydroxylation is 1. The zero-order valence-corrected chi connectivity index (χ0v) is 15.4. The summed E-state index contributed by atoms with van der Waals surface area (Å²) >= 11 is 3.46. The van der Waals surface area contributed by atoms with Gasteiger partial charge in [-0.2, -0.15) is 0 Å². The van der Waals surface area contributed by atoms with Gasteiger partial charge in [-0.25, -0.2) is 4.98 Å². The van der Waals surface area contributed by atoms with E-state index in [0.29, 0.717) is 16.0 Å². The summed E-state index contributed by atoms with van der Waals surface area (Å²) in [6.07, 6.45) is 1.63. The van der Waals surface area contributed by atoms with Gasteiger partial charge in [0, 0.05) is 24.1 Å². The van der Waals surface area contributed by atoms with Gasteiger partial charge in [0.1, 0.15) is 11.5 Å². The number of nitrogens with zero attached hydrogens (tertiary/aromatic N) is 2. The summed E-state index contributed by atoms with van der Waals surface area (Å²) < 4.78 is 0.695. The summed E-state index contributed by atoms with van der Waals surface area (Å²) in [5, 5.41) is 3.62. The molecule has 128 valence electrons. The lowest BCUT2D eigenvalue weighted by molar-refractivity contribution is -0.116. The van der Waals surface area contributed by atoms with Crippen LogP contribution in [0.2, 0.25) is 0 Å². The minimum atomic E-state index is -0.304. The minimum Gasteiger partial charge on any atom is -0.350 e. The van der Waals surface area contributed by atoms with Crippen molar-refractivity contribution in [1.82, 2.24) is 14.9 Å². The minimum absolute atomic E-state index is 0.0732. The van der Waals surface area contributed by atoms with Crippen molar-refractivity contribution in [3.8, 4) is 0 Å². The lowest BCUT2D eigenvalue weighted by Gasteiger charge is -2.16. The van der Waals surface area contributed by atoms with Gasteiger partial charge in [-0.15, -0.1) is 0 Å². The highest BCUT2D eigenvalue weighted by molar-refractivity contribution is 9.10. The number of anilines is 1. The van der Waals surface area contributed by atoms with E-state index in [4.69, 9.17) is 0 Å². The van der Waals surface area contributed by atoms with Gasteiger partial charge in [-0.1, -0.05) is 18.2 Å². The molecule has 0 atom stereocenters. The van der Waals surface area contributed by atoms with Gasteiger partial charge in [0.2, 0.25) is 5.91 Å². The first-order valence-corrected chi connectivity index (χ1v) is 8.49. The topological polar surface area (TPSA) is 78.1 Å². The normalized spacial score (nSPS) is 10.7. The Kier molecular flexibility index (Phi) is 4.85. The fourth-order valence-electron chi connectivity index (χ4n) is 2.52. The van der Waals surface area contributed by atoms with Crippen LogP contribution in [0.4, 0.5) is 5.82 Å². The van der Waals surface area contributed by atoms with Crippen molar-refractivity contribution in [2.24, 2.45) is 0 Å². The summed E-state index contributed by atoms with van der Waals surface area (Å²) in [5.74, 6) is -0.103. The van der Waals surface area contributed by atoms with Crippen LogP contribution in [0.5, 0.6) is 0 Å². The molecule has 0 aliphatic heterocycles. The predicted molar refractivity (Wildman–Crippen MR) is 101 cm³/mol. The average molecular weight is 401 g/mol. The maximum absolute atomic E-state index is 12.6. The molecule has 6 nitrogen and oxygen atoms in total. The number of halogens is 1. The standard InChI is InChI=1S/C18H17BrN4O2/c1-11-7-8-20-14(9-11)22-15(24)10-23(2)18(25)17-16(19)12-5-3-4-6-13(12)21-17/h3-9,21H,10H2,1-2H3,(H,20,22,24). The van der Waals surface area contributed by atoms with Crippen LogP contribution < -0.4 is 5.32 Å². The van der Waals surface area contributed by atoms with Crippen molar-refractivity contribution in [2.75, 3.05) is 18.9 Å². The number of amides is 2. The summed E-state index contributed by atoms with van der Waals surface area (Å²) in [7, 11) is 1.59. The van der Waals surface area contributed by atoms with Gasteiger partial charge in [0.05, 0.1) is 11.0 Å². The van der Waals surface area contributed by atoms with E-state index in [-0.39, 0.29) is 18.4 Å². The number of aromatic amines is 1. The summed E-state index contributed by atoms with van der Waals surface area (Å²) in [6.45, 7) is 1.84. The van der Waals surface area contributed by atoms with E-state index in [0.717, 1.165) is 16.5 Å². The van der Waals surface area contributed by atoms with Crippen LogP contribution in [-0.4, -0.2) is 40.3 Å². The molecule has 0 aliphatic carbocycles. The molecule has 2 heterocycles. The highest BCUT2D eigenvalue weighted by atomic mass is 79.9. The second-order valence-corrected chi connectivity index (χ2v) is 6.58. The second kappa shape index (κ2) is 7.06. The number of carbonyl (C=O) groups excluding carboxylic acids is 2. The lowest BCUT2D eigenvalue weighted by Crippen LogP contribution is -2.35. The molecule has 0 unspecified atom stereocenters. The lowest BCUT2D eigenvalue weighted by atomic mass is 10.2. The van der Waals surface area contributed by atoms with Gasteiger partial charge >= 0.3 is 0 Å². The van der Waals surface area contributed by atoms with Crippen molar-refractivity contribution >= 4 is 44.5 Å². The van der Waals surface area contributed by atoms with Crippen LogP contribution in [0.15, 0.2) is 47.1 Å². The number of H-pyrrole nitrogens is 1. The number of aromatic nitrogens is 2. The number of hydrogen-bond donors (Lipinski definition) is 2. The van der Waals surface area contributed by atoms with Gasteiger partial charge < -0.3 is 15.2 Å². The largest absolute Gasteiger partial charge is 0.350 e. The number of para-hydroxylation sites is 1. The first kappa shape index (κ1) is 17.2. The molecule has 0 saturated carbocycles. The van der Waals surface area contributed by atoms with Crippen LogP contribution in [-0.2, 0) is 4.79 Å². The number of carbonyl (C=O) groups is 2. The molecule has 7 heteroatoms. The molecule has 0 spiro atoms. The number of hydrogen-bond acceptors (Lipinski definition) is 3. The van der Waals surface area contributed by atoms with Crippen molar-refractivity contribution in [3.63, 3.8) is 0 Å². The van der Waals surface area contributed by atoms with Gasteiger partial charge in [-0.3, -0.25) is 9.59 Å². The number of likely N-dealkylation sites (N-methyl/N-ethyl adjacent to an activating group) is 1. The van der Waals surface area contributed by atoms with Crippen molar-refractivity contribution in [1.29, 1.82) is 0 Å². The quantitative estimate of drug-likeness (QED) is 0.704. The molecule has 2 N–H and O–H groups in total. The van der Waals surface area contributed by atoms with Crippen molar-refractivity contribution in [3.05, 3.63) is 58.3 Å². The summed E-state index contributed by atoms with van der Waals surface area (Å²) in [5.41, 5.74) is 2.28. The van der Waals surface area contributed by atoms with Crippen LogP contribution in [0.3, 0.4) is 0 Å². The Labute approximate surface area is 153 Å². The van der Waals surface area contributed by atoms with E-state index in [2.05, 4.69) is 31.2 Å². The Morgan fingerprint density at radius 2 is 2.04 bits per heavy atom. The average Bonchev–Trinajstić information content (AvgIpc) is 2.91. The van der Waals surface area contributed by atoms with E-state index in [1.807, 2.05) is 37.3 Å². The molecule has 3 aromatic rings. The molecule has 25 heavy (non-hydrogen) atoms. The molecule has 2 aromatic heterocycles. The summed E-state index contributed by atoms with van der Waals surface area (Å²) in [4.78, 5) is 33.3. The molecule has 3 rings (SSSR count). The van der Waals surface area contributed by atoms with E-state index in [1.54, 1.807) is 19.3 Å². The maximum Gasteiger partial charge on any atom is 0.271 e. The molecule has 0 aliphatic rings. The smallest absolute Gasteiger partial charge is 0.271 e. The SMILES string of the molecule is Cc1ccnc(NC(=O)CN(C)C(=O)c2[nH]c3ccccc3c2Br)c1. The zero-order chi connectivity index (χ0) is 18.0. The third-order valence-electron chi connectivity index (χ3n) is 3.77. The first-order valence-electron chi connectivity index (χ1n) is 7.70. The highest BCUT2D eigenvalue weighted by Gasteiger charge is 2.21. The van der Waals surface area contributed by atoms with Crippen molar-refractivity contribution < 1.29 is 9.59 Å². The maximum atomic E-state index is 12.6. The summed E-state index contributed by atoms with van der Waals surface area (Å²) in [6, 6.07) is 11.2. The predicted octanol–water partition coefficient (Wildman–Crippen LogP) is 3.34. The molecule has 0 bridgehead atoms. The van der Waals surface area contributed by atoms with Crippen LogP contribution in [0.1, 0.15) is 16.1 Å². The number of rotatable bonds is 4. The Hall–Kier alpha value is -2.67. The molecule has 2 amide bonds. The fourth-order valence-corrected chi connectivity index (χ4v) is 3.13. The molecule has 0 fully saturated rings. The van der Waals surface area contributed by atoms with Crippen LogP contribution >= 0.6 is 15.9 Å². The molecule has 0 saturated heterocycles. The number of fused-ring (bicyclic) bond motifs is 1. The molecule has 1 aromatic carbocycles. The first-order chi connectivity index (χ1) is 12.0. The molecular formula is C18H17BrN4O2. The van der Waals surface area contributed by atoms with Crippen LogP contribution in [0.25, 0.3) is 10.9 Å². The second-order valence-electron chi connectivity index (χ2n) is 5.79. The Balaban J connectivity index is 1.71. The van der Waals surface area contributed by atoms with E-state index >= 15 is 0 Å². The Bertz CT molecular complexity index is 951. The Morgan fingerprint density at radius 1 is 1.28 bits per heavy atom. The van der Waals surface area contributed by atoms with E-state index < -0.39 is 0 Å². The number of pyridine rings is 1. The highest BCUT2D eigenvalue weighted by Crippen LogP contribution is 2.28. The fraction of sp³-hybridized carbons (Fsp3) is 0.167. The van der Waals surface area contributed by atoms with E-state index in [1.165, 1.54) is 4.90 Å². The third-order valence-corrected chi connectivity index (χ3v) is 4.59. The van der Waals surface area contributed by atoms with Crippen molar-refractivity contribution in [2.45, 2.75) is 6.92 Å². The van der Waals surface area contributed by atoms with Gasteiger partial charge in [0.15, 0.2) is 0 Å². The number of benzene rings is 1. The number of nitrogens with one attached hydrogen (secondary N) is 2. The van der Waals surface area contributed by atoms with Gasteiger partial charge in [0.25, 0.3) is 5.91 Å². The van der Waals surface area contributed by atoms with Crippen LogP contribution in [0, 0.1) is 6.92 Å². The molecule has 0 radical (unpaired) electrons.